The van der Waals surface area contributed by atoms with Crippen molar-refractivity contribution >= 4 is 5.91 Å². The molecule has 0 saturated heterocycles. The second-order valence-corrected chi connectivity index (χ2v) is 6.02. The van der Waals surface area contributed by atoms with Gasteiger partial charge in [-0.2, -0.15) is 5.10 Å². The number of carbonyl (C=O) groups excluding carboxylic acids is 1. The zero-order valence-corrected chi connectivity index (χ0v) is 14.4. The third-order valence-electron chi connectivity index (χ3n) is 4.11. The molecule has 1 heterocycles. The van der Waals surface area contributed by atoms with Gasteiger partial charge in [-0.05, 0) is 36.2 Å². The highest BCUT2D eigenvalue weighted by Gasteiger charge is 2.14. The van der Waals surface area contributed by atoms with Crippen LogP contribution in [0.2, 0.25) is 0 Å². The van der Waals surface area contributed by atoms with Crippen molar-refractivity contribution in [1.29, 1.82) is 0 Å². The smallest absolute Gasteiger partial charge is 0.251 e. The molecular formula is C19H20FN5O. The number of hydrogen-bond acceptors (Lipinski definition) is 4. The minimum atomic E-state index is -0.302. The van der Waals surface area contributed by atoms with Crippen molar-refractivity contribution < 1.29 is 9.18 Å². The number of halogens is 1. The van der Waals surface area contributed by atoms with Crippen LogP contribution in [0.1, 0.15) is 15.9 Å². The van der Waals surface area contributed by atoms with E-state index in [-0.39, 0.29) is 24.3 Å². The van der Waals surface area contributed by atoms with Crippen LogP contribution >= 0.6 is 0 Å². The minimum absolute atomic E-state index is 0.221. The quantitative estimate of drug-likeness (QED) is 0.709. The lowest BCUT2D eigenvalue weighted by Crippen LogP contribution is -2.41. The first-order valence-electron chi connectivity index (χ1n) is 8.26. The second kappa shape index (κ2) is 7.88. The molecule has 0 aliphatic heterocycles. The lowest BCUT2D eigenvalue weighted by molar-refractivity contribution is 0.0938. The zero-order valence-electron chi connectivity index (χ0n) is 14.4. The summed E-state index contributed by atoms with van der Waals surface area (Å²) in [6, 6.07) is 13.1. The fourth-order valence-corrected chi connectivity index (χ4v) is 2.74. The van der Waals surface area contributed by atoms with Crippen LogP contribution in [0.4, 0.5) is 4.39 Å². The molecule has 3 rings (SSSR count). The molecule has 1 aromatic heterocycles. The van der Waals surface area contributed by atoms with Gasteiger partial charge in [0.1, 0.15) is 12.1 Å². The van der Waals surface area contributed by atoms with Gasteiger partial charge in [-0.1, -0.05) is 24.3 Å². The largest absolute Gasteiger partial charge is 0.348 e. The van der Waals surface area contributed by atoms with Crippen molar-refractivity contribution in [2.45, 2.75) is 12.5 Å². The van der Waals surface area contributed by atoms with Gasteiger partial charge >= 0.3 is 0 Å². The zero-order chi connectivity index (χ0) is 18.5. The number of rotatable bonds is 6. The van der Waals surface area contributed by atoms with Gasteiger partial charge in [0.25, 0.3) is 5.91 Å². The number of hydrogen-bond donors (Lipinski definition) is 2. The first-order chi connectivity index (χ1) is 12.6. The maximum Gasteiger partial charge on any atom is 0.251 e. The number of aryl methyl sites for hydroxylation is 1. The van der Waals surface area contributed by atoms with Crippen LogP contribution in [-0.2, 0) is 13.5 Å². The van der Waals surface area contributed by atoms with Crippen molar-refractivity contribution in [2.75, 3.05) is 6.54 Å². The number of nitrogens with one attached hydrogen (secondary N) is 1. The molecule has 0 fully saturated rings. The molecule has 0 bridgehead atoms. The summed E-state index contributed by atoms with van der Waals surface area (Å²) in [6.45, 7) is 0.263. The number of benzene rings is 2. The highest BCUT2D eigenvalue weighted by Crippen LogP contribution is 2.16. The van der Waals surface area contributed by atoms with E-state index in [0.29, 0.717) is 12.0 Å². The second-order valence-electron chi connectivity index (χ2n) is 6.02. The van der Waals surface area contributed by atoms with Crippen molar-refractivity contribution in [3.63, 3.8) is 0 Å². The van der Waals surface area contributed by atoms with Crippen LogP contribution in [0, 0.1) is 5.82 Å². The van der Waals surface area contributed by atoms with Gasteiger partial charge in [-0.15, -0.1) is 0 Å². The summed E-state index contributed by atoms with van der Waals surface area (Å²) in [5.41, 5.74) is 7.95. The Morgan fingerprint density at radius 1 is 1.27 bits per heavy atom. The number of nitrogens with two attached hydrogens (primary N) is 1. The Morgan fingerprint density at radius 2 is 2.04 bits per heavy atom. The summed E-state index contributed by atoms with van der Waals surface area (Å²) in [4.78, 5) is 16.6. The Hall–Kier alpha value is -3.06. The van der Waals surface area contributed by atoms with E-state index in [1.165, 1.54) is 18.5 Å². The molecule has 6 nitrogen and oxygen atoms in total. The summed E-state index contributed by atoms with van der Waals surface area (Å²) in [5, 5.41) is 6.93. The minimum Gasteiger partial charge on any atom is -0.348 e. The van der Waals surface area contributed by atoms with E-state index < -0.39 is 0 Å². The van der Waals surface area contributed by atoms with E-state index in [4.69, 9.17) is 5.73 Å². The Bertz CT molecular complexity index is 891. The first-order valence-corrected chi connectivity index (χ1v) is 8.26. The Labute approximate surface area is 150 Å². The molecule has 2 aromatic carbocycles. The molecular weight excluding hydrogens is 333 g/mol. The first kappa shape index (κ1) is 17.8. The van der Waals surface area contributed by atoms with E-state index in [9.17, 15) is 9.18 Å². The Morgan fingerprint density at radius 3 is 2.65 bits per heavy atom. The maximum absolute atomic E-state index is 13.3. The topological polar surface area (TPSA) is 85.8 Å². The fourth-order valence-electron chi connectivity index (χ4n) is 2.74. The van der Waals surface area contributed by atoms with Gasteiger partial charge in [0, 0.05) is 30.8 Å². The molecule has 134 valence electrons. The van der Waals surface area contributed by atoms with Crippen LogP contribution in [-0.4, -0.2) is 33.3 Å². The average molecular weight is 353 g/mol. The molecule has 7 heteroatoms. The summed E-state index contributed by atoms with van der Waals surface area (Å²) < 4.78 is 15.0. The molecule has 0 radical (unpaired) electrons. The molecule has 3 aromatic rings. The molecule has 1 amide bonds. The lowest BCUT2D eigenvalue weighted by Gasteiger charge is -2.17. The Kier molecular flexibility index (Phi) is 5.38. The highest BCUT2D eigenvalue weighted by molar-refractivity contribution is 5.94. The van der Waals surface area contributed by atoms with Gasteiger partial charge in [-0.25, -0.2) is 14.1 Å². The fraction of sp³-hybridized carbons (Fsp3) is 0.211. The number of aromatic nitrogens is 3. The van der Waals surface area contributed by atoms with E-state index in [2.05, 4.69) is 15.4 Å². The summed E-state index contributed by atoms with van der Waals surface area (Å²) in [7, 11) is 1.81. The normalized spacial score (nSPS) is 12.0. The molecule has 3 N–H and O–H groups in total. The standard InChI is InChI=1S/C19H20FN5O/c1-25-18(22-12-23-25)14-5-7-15(8-6-14)19(26)24-17(11-21)10-13-3-2-4-16(20)9-13/h2-9,12,17H,10-11,21H2,1H3,(H,24,26)/t17-/m0/s1. The summed E-state index contributed by atoms with van der Waals surface area (Å²) in [5.74, 6) is 0.202. The van der Waals surface area contributed by atoms with Gasteiger partial charge in [0.15, 0.2) is 5.82 Å². The maximum atomic E-state index is 13.3. The monoisotopic (exact) mass is 353 g/mol. The number of carbonyl (C=O) groups is 1. The predicted octanol–water partition coefficient (Wildman–Crippen LogP) is 1.92. The molecule has 1 atom stereocenters. The average Bonchev–Trinajstić information content (AvgIpc) is 3.07. The van der Waals surface area contributed by atoms with Gasteiger partial charge in [0.05, 0.1) is 0 Å². The molecule has 0 saturated carbocycles. The molecule has 0 spiro atoms. The molecule has 0 aliphatic rings. The van der Waals surface area contributed by atoms with E-state index in [1.54, 1.807) is 29.9 Å². The van der Waals surface area contributed by atoms with Crippen LogP contribution in [0.5, 0.6) is 0 Å². The van der Waals surface area contributed by atoms with Gasteiger partial charge in [0.2, 0.25) is 0 Å². The summed E-state index contributed by atoms with van der Waals surface area (Å²) >= 11 is 0. The predicted molar refractivity (Wildman–Crippen MR) is 96.9 cm³/mol. The molecule has 26 heavy (non-hydrogen) atoms. The SMILES string of the molecule is Cn1ncnc1-c1ccc(C(=O)N[C@H](CN)Cc2cccc(F)c2)cc1. The van der Waals surface area contributed by atoms with Gasteiger partial charge < -0.3 is 11.1 Å². The van der Waals surface area contributed by atoms with Crippen LogP contribution < -0.4 is 11.1 Å². The number of amides is 1. The van der Waals surface area contributed by atoms with E-state index in [0.717, 1.165) is 17.0 Å². The number of nitrogens with zero attached hydrogens (tertiary/aromatic N) is 3. The van der Waals surface area contributed by atoms with Crippen LogP contribution in [0.25, 0.3) is 11.4 Å². The molecule has 0 unspecified atom stereocenters. The lowest BCUT2D eigenvalue weighted by atomic mass is 10.0. The van der Waals surface area contributed by atoms with Crippen molar-refractivity contribution in [2.24, 2.45) is 12.8 Å². The van der Waals surface area contributed by atoms with Crippen molar-refractivity contribution in [3.05, 3.63) is 71.8 Å². The highest BCUT2D eigenvalue weighted by atomic mass is 19.1. The molecule has 0 aliphatic carbocycles. The Balaban J connectivity index is 1.67. The van der Waals surface area contributed by atoms with Crippen molar-refractivity contribution in [1.82, 2.24) is 20.1 Å². The van der Waals surface area contributed by atoms with Crippen molar-refractivity contribution in [3.8, 4) is 11.4 Å². The summed E-state index contributed by atoms with van der Waals surface area (Å²) in [6.07, 6.45) is 1.95. The van der Waals surface area contributed by atoms with E-state index in [1.807, 2.05) is 18.2 Å². The third-order valence-corrected chi connectivity index (χ3v) is 4.11. The van der Waals surface area contributed by atoms with Crippen LogP contribution in [0.3, 0.4) is 0 Å². The van der Waals surface area contributed by atoms with Gasteiger partial charge in [-0.3, -0.25) is 4.79 Å². The third kappa shape index (κ3) is 4.12. The van der Waals surface area contributed by atoms with Crippen LogP contribution in [0.15, 0.2) is 54.9 Å². The van der Waals surface area contributed by atoms with E-state index >= 15 is 0 Å².